The maximum absolute atomic E-state index is 12.1. The van der Waals surface area contributed by atoms with Crippen LogP contribution in [0.1, 0.15) is 24.8 Å². The minimum absolute atomic E-state index is 0.291. The fraction of sp³-hybridized carbons (Fsp3) is 0.500. The molecule has 0 aromatic heterocycles. The molecule has 0 aliphatic heterocycles. The molecule has 1 saturated carbocycles. The third-order valence-electron chi connectivity index (χ3n) is 3.98. The van der Waals surface area contributed by atoms with Crippen LogP contribution in [0.2, 0.25) is 0 Å². The van der Waals surface area contributed by atoms with Crippen LogP contribution in [0, 0.1) is 5.92 Å². The molecule has 1 fully saturated rings. The van der Waals surface area contributed by atoms with E-state index in [1.807, 2.05) is 30.3 Å². The molecule has 2 amide bonds. The Balaban J connectivity index is 1.89. The third-order valence-corrected chi connectivity index (χ3v) is 3.98. The zero-order valence-corrected chi connectivity index (χ0v) is 12.3. The Morgan fingerprint density at radius 3 is 2.52 bits per heavy atom. The van der Waals surface area contributed by atoms with Gasteiger partial charge in [0.2, 0.25) is 0 Å². The summed E-state index contributed by atoms with van der Waals surface area (Å²) in [5.74, 6) is -0.442. The lowest BCUT2D eigenvalue weighted by Gasteiger charge is -2.30. The van der Waals surface area contributed by atoms with E-state index in [2.05, 4.69) is 5.32 Å². The van der Waals surface area contributed by atoms with E-state index in [0.717, 1.165) is 18.4 Å². The van der Waals surface area contributed by atoms with Crippen molar-refractivity contribution in [2.24, 2.45) is 5.92 Å². The van der Waals surface area contributed by atoms with Crippen molar-refractivity contribution in [3.05, 3.63) is 35.9 Å². The number of urea groups is 1. The number of rotatable bonds is 6. The first kappa shape index (κ1) is 15.4. The summed E-state index contributed by atoms with van der Waals surface area (Å²) in [6.45, 7) is 0.698. The molecule has 5 heteroatoms. The van der Waals surface area contributed by atoms with Crippen molar-refractivity contribution >= 4 is 12.0 Å². The van der Waals surface area contributed by atoms with Crippen molar-refractivity contribution < 1.29 is 14.7 Å². The van der Waals surface area contributed by atoms with Crippen LogP contribution in [0.5, 0.6) is 0 Å². The summed E-state index contributed by atoms with van der Waals surface area (Å²) in [5, 5.41) is 11.9. The number of carbonyl (C=O) groups excluding carboxylic acids is 1. The highest BCUT2D eigenvalue weighted by Crippen LogP contribution is 2.26. The molecular weight excluding hydrogens is 268 g/mol. The highest BCUT2D eigenvalue weighted by Gasteiger charge is 2.25. The van der Waals surface area contributed by atoms with Crippen LogP contribution in [-0.4, -0.2) is 41.6 Å². The number of carboxylic acids is 1. The smallest absolute Gasteiger partial charge is 0.326 e. The molecule has 5 nitrogen and oxygen atoms in total. The molecular formula is C16H22N2O3. The average Bonchev–Trinajstić information content (AvgIpc) is 2.42. The van der Waals surface area contributed by atoms with E-state index in [0.29, 0.717) is 18.9 Å². The molecule has 0 saturated heterocycles. The second-order valence-corrected chi connectivity index (χ2v) is 5.71. The Hall–Kier alpha value is -2.04. The van der Waals surface area contributed by atoms with E-state index in [9.17, 15) is 14.7 Å². The molecule has 0 spiro atoms. The fourth-order valence-electron chi connectivity index (χ4n) is 2.45. The number of nitrogens with zero attached hydrogens (tertiary/aromatic N) is 1. The number of hydrogen-bond donors (Lipinski definition) is 2. The molecule has 1 atom stereocenters. The predicted molar refractivity (Wildman–Crippen MR) is 80.1 cm³/mol. The number of benzene rings is 1. The van der Waals surface area contributed by atoms with Crippen molar-refractivity contribution in [2.75, 3.05) is 13.6 Å². The first-order valence-electron chi connectivity index (χ1n) is 7.34. The van der Waals surface area contributed by atoms with E-state index < -0.39 is 12.0 Å². The van der Waals surface area contributed by atoms with Crippen molar-refractivity contribution in [3.63, 3.8) is 0 Å². The van der Waals surface area contributed by atoms with Crippen LogP contribution >= 0.6 is 0 Å². The van der Waals surface area contributed by atoms with E-state index in [-0.39, 0.29) is 6.03 Å². The van der Waals surface area contributed by atoms with Gasteiger partial charge in [0.15, 0.2) is 0 Å². The van der Waals surface area contributed by atoms with Crippen LogP contribution in [0.25, 0.3) is 0 Å². The second-order valence-electron chi connectivity index (χ2n) is 5.71. The van der Waals surface area contributed by atoms with Crippen molar-refractivity contribution in [2.45, 2.75) is 31.7 Å². The van der Waals surface area contributed by atoms with Gasteiger partial charge in [-0.15, -0.1) is 0 Å². The molecule has 0 bridgehead atoms. The molecule has 1 aliphatic rings. The molecule has 114 valence electrons. The van der Waals surface area contributed by atoms with Gasteiger partial charge in [0.1, 0.15) is 6.04 Å². The molecule has 1 aromatic rings. The molecule has 0 radical (unpaired) electrons. The van der Waals surface area contributed by atoms with Crippen LogP contribution in [0.4, 0.5) is 4.79 Å². The molecule has 1 aromatic carbocycles. The summed E-state index contributed by atoms with van der Waals surface area (Å²) in [7, 11) is 1.72. The van der Waals surface area contributed by atoms with Crippen molar-refractivity contribution in [1.82, 2.24) is 10.2 Å². The number of aliphatic carboxylic acids is 1. The van der Waals surface area contributed by atoms with Gasteiger partial charge >= 0.3 is 12.0 Å². The zero-order valence-electron chi connectivity index (χ0n) is 12.3. The lowest BCUT2D eigenvalue weighted by molar-refractivity contribution is -0.139. The van der Waals surface area contributed by atoms with Gasteiger partial charge in [-0.2, -0.15) is 0 Å². The monoisotopic (exact) mass is 290 g/mol. The minimum Gasteiger partial charge on any atom is -0.480 e. The minimum atomic E-state index is -1.01. The molecule has 1 aliphatic carbocycles. The standard InChI is InChI=1S/C16H22N2O3/c1-18(11-13-8-5-9-13)16(21)17-14(15(19)20)10-12-6-3-2-4-7-12/h2-4,6-7,13-14H,5,8-11H2,1H3,(H,17,21)(H,19,20)/t14-/m0/s1. The second kappa shape index (κ2) is 7.11. The van der Waals surface area contributed by atoms with Gasteiger partial charge in [-0.25, -0.2) is 9.59 Å². The third kappa shape index (κ3) is 4.48. The molecule has 0 heterocycles. The van der Waals surface area contributed by atoms with Gasteiger partial charge in [-0.1, -0.05) is 36.8 Å². The Morgan fingerprint density at radius 1 is 1.33 bits per heavy atom. The van der Waals surface area contributed by atoms with Crippen molar-refractivity contribution in [1.29, 1.82) is 0 Å². The average molecular weight is 290 g/mol. The van der Waals surface area contributed by atoms with E-state index in [4.69, 9.17) is 0 Å². The maximum Gasteiger partial charge on any atom is 0.326 e. The number of carbonyl (C=O) groups is 2. The highest BCUT2D eigenvalue weighted by molar-refractivity contribution is 5.82. The lowest BCUT2D eigenvalue weighted by Crippen LogP contribution is -2.49. The molecule has 2 N–H and O–H groups in total. The summed E-state index contributed by atoms with van der Waals surface area (Å²) < 4.78 is 0. The Labute approximate surface area is 125 Å². The Morgan fingerprint density at radius 2 is 2.00 bits per heavy atom. The van der Waals surface area contributed by atoms with Crippen LogP contribution in [0.3, 0.4) is 0 Å². The van der Waals surface area contributed by atoms with Gasteiger partial charge < -0.3 is 15.3 Å². The normalized spacial score (nSPS) is 15.9. The maximum atomic E-state index is 12.1. The topological polar surface area (TPSA) is 69.6 Å². The SMILES string of the molecule is CN(CC1CCC1)C(=O)N[C@@H](Cc1ccccc1)C(=O)O. The zero-order chi connectivity index (χ0) is 15.2. The van der Waals surface area contributed by atoms with Crippen LogP contribution in [-0.2, 0) is 11.2 Å². The molecule has 2 rings (SSSR count). The van der Waals surface area contributed by atoms with Gasteiger partial charge in [-0.05, 0) is 24.3 Å². The summed E-state index contributed by atoms with van der Waals surface area (Å²) in [5.41, 5.74) is 0.895. The summed E-state index contributed by atoms with van der Waals surface area (Å²) in [6.07, 6.45) is 3.83. The first-order chi connectivity index (χ1) is 10.1. The number of nitrogens with one attached hydrogen (secondary N) is 1. The first-order valence-corrected chi connectivity index (χ1v) is 7.34. The summed E-state index contributed by atoms with van der Waals surface area (Å²) >= 11 is 0. The van der Waals surface area contributed by atoms with Gasteiger partial charge in [0.25, 0.3) is 0 Å². The van der Waals surface area contributed by atoms with Crippen LogP contribution in [0.15, 0.2) is 30.3 Å². The van der Waals surface area contributed by atoms with Crippen LogP contribution < -0.4 is 5.32 Å². The van der Waals surface area contributed by atoms with Crippen molar-refractivity contribution in [3.8, 4) is 0 Å². The Kier molecular flexibility index (Phi) is 5.20. The van der Waals surface area contributed by atoms with Gasteiger partial charge in [0, 0.05) is 20.0 Å². The molecule has 21 heavy (non-hydrogen) atoms. The highest BCUT2D eigenvalue weighted by atomic mass is 16.4. The summed E-state index contributed by atoms with van der Waals surface area (Å²) in [6, 6.07) is 8.11. The number of carboxylic acid groups (broad SMARTS) is 1. The number of hydrogen-bond acceptors (Lipinski definition) is 2. The molecule has 0 unspecified atom stereocenters. The Bertz CT molecular complexity index is 486. The predicted octanol–water partition coefficient (Wildman–Crippen LogP) is 2.12. The summed E-state index contributed by atoms with van der Waals surface area (Å²) in [4.78, 5) is 25.0. The largest absolute Gasteiger partial charge is 0.480 e. The lowest BCUT2D eigenvalue weighted by atomic mass is 9.85. The quantitative estimate of drug-likeness (QED) is 0.843. The number of amides is 2. The fourth-order valence-corrected chi connectivity index (χ4v) is 2.45. The van der Waals surface area contributed by atoms with E-state index >= 15 is 0 Å². The van der Waals surface area contributed by atoms with E-state index in [1.165, 1.54) is 6.42 Å². The van der Waals surface area contributed by atoms with Gasteiger partial charge in [-0.3, -0.25) is 0 Å². The van der Waals surface area contributed by atoms with Gasteiger partial charge in [0.05, 0.1) is 0 Å². The van der Waals surface area contributed by atoms with E-state index in [1.54, 1.807) is 11.9 Å².